The number of phosphoric ester groups is 2. The number of allylic oxidation sites excluding steroid dienone is 4. The Kier molecular flexibility index (Phi) is 63.7. The number of aliphatic hydroxyl groups excluding tert-OH is 1. The van der Waals surface area contributed by atoms with Crippen LogP contribution in [-0.2, 0) is 65.4 Å². The average Bonchev–Trinajstić information content (AvgIpc) is 3.48. The Labute approximate surface area is 567 Å². The van der Waals surface area contributed by atoms with Crippen molar-refractivity contribution in [2.24, 2.45) is 11.8 Å². The molecule has 0 heterocycles. The average molecular weight is 1360 g/mol. The van der Waals surface area contributed by atoms with Crippen molar-refractivity contribution in [3.63, 3.8) is 0 Å². The minimum absolute atomic E-state index is 0.0848. The van der Waals surface area contributed by atoms with E-state index < -0.39 is 97.5 Å². The van der Waals surface area contributed by atoms with E-state index in [1.54, 1.807) is 0 Å². The van der Waals surface area contributed by atoms with E-state index in [1.165, 1.54) is 161 Å². The van der Waals surface area contributed by atoms with Crippen LogP contribution >= 0.6 is 15.6 Å². The number of hydrogen-bond acceptors (Lipinski definition) is 15. The standard InChI is InChI=1S/C74H140O17P2/c1-7-11-13-15-17-19-21-23-24-25-27-33-40-46-52-58-73(78)90-69(62-85-72(77)57-51-45-39-32-29-28-30-36-42-48-54-66(5)9-3)64-88-92(80,81)86-60-68(75)61-87-93(82,83)89-65-70(91-74(79)59-53-47-41-35-34-37-43-49-55-67(6)10-4)63-84-71(76)56-50-44-38-31-26-22-20-18-16-14-12-8-2/h19,21,23-24,66-70,75H,7-18,20,22,25-65H2,1-6H3,(H,80,81)(H,82,83)/b21-19-,24-23-/t66?,67?,68-,69-,70-/m1/s1. The van der Waals surface area contributed by atoms with Crippen LogP contribution in [0.15, 0.2) is 24.3 Å². The Morgan fingerprint density at radius 2 is 0.602 bits per heavy atom. The zero-order valence-corrected chi connectivity index (χ0v) is 61.8. The van der Waals surface area contributed by atoms with E-state index in [4.69, 9.17) is 37.0 Å². The van der Waals surface area contributed by atoms with Crippen molar-refractivity contribution in [1.82, 2.24) is 0 Å². The molecule has 0 fully saturated rings. The Balaban J connectivity index is 5.31. The van der Waals surface area contributed by atoms with Gasteiger partial charge in [-0.1, -0.05) is 303 Å². The fourth-order valence-electron chi connectivity index (χ4n) is 10.7. The highest BCUT2D eigenvalue weighted by atomic mass is 31.2. The lowest BCUT2D eigenvalue weighted by Gasteiger charge is -2.21. The Morgan fingerprint density at radius 3 is 0.914 bits per heavy atom. The molecule has 7 atom stereocenters. The molecule has 0 rings (SSSR count). The molecule has 0 aliphatic carbocycles. The predicted molar refractivity (Wildman–Crippen MR) is 377 cm³/mol. The summed E-state index contributed by atoms with van der Waals surface area (Å²) in [6.07, 6.45) is 54.7. The first-order chi connectivity index (χ1) is 44.9. The lowest BCUT2D eigenvalue weighted by atomic mass is 9.99. The number of unbranched alkanes of at least 4 members (excludes halogenated alkanes) is 36. The maximum Gasteiger partial charge on any atom is 0.472 e. The van der Waals surface area contributed by atoms with E-state index >= 15 is 0 Å². The summed E-state index contributed by atoms with van der Waals surface area (Å²) in [5, 5.41) is 10.6. The van der Waals surface area contributed by atoms with Crippen LogP contribution in [0.2, 0.25) is 0 Å². The molecule has 0 aromatic carbocycles. The van der Waals surface area contributed by atoms with Gasteiger partial charge in [-0.15, -0.1) is 0 Å². The minimum atomic E-state index is -4.96. The molecule has 17 nitrogen and oxygen atoms in total. The fraction of sp³-hybridized carbons (Fsp3) is 0.892. The van der Waals surface area contributed by atoms with Crippen molar-refractivity contribution in [3.8, 4) is 0 Å². The van der Waals surface area contributed by atoms with Crippen molar-refractivity contribution in [1.29, 1.82) is 0 Å². The molecule has 4 unspecified atom stereocenters. The summed E-state index contributed by atoms with van der Waals surface area (Å²) in [4.78, 5) is 72.7. The van der Waals surface area contributed by atoms with Crippen LogP contribution in [-0.4, -0.2) is 96.7 Å². The van der Waals surface area contributed by atoms with Gasteiger partial charge in [-0.3, -0.25) is 37.3 Å². The summed E-state index contributed by atoms with van der Waals surface area (Å²) in [5.41, 5.74) is 0. The number of carbonyl (C=O) groups is 4. The molecule has 0 amide bonds. The maximum absolute atomic E-state index is 13.1. The summed E-state index contributed by atoms with van der Waals surface area (Å²) in [7, 11) is -9.92. The molecule has 0 aromatic rings. The molecule has 0 radical (unpaired) electrons. The van der Waals surface area contributed by atoms with Gasteiger partial charge in [0.2, 0.25) is 0 Å². The normalized spacial score (nSPS) is 14.8. The summed E-state index contributed by atoms with van der Waals surface area (Å²) in [6.45, 7) is 9.53. The highest BCUT2D eigenvalue weighted by Gasteiger charge is 2.30. The summed E-state index contributed by atoms with van der Waals surface area (Å²) in [5.74, 6) is -0.574. The van der Waals surface area contributed by atoms with E-state index in [1.807, 2.05) is 0 Å². The minimum Gasteiger partial charge on any atom is -0.462 e. The number of hydrogen-bond donors (Lipinski definition) is 3. The van der Waals surface area contributed by atoms with E-state index in [-0.39, 0.29) is 25.7 Å². The van der Waals surface area contributed by atoms with Gasteiger partial charge in [0, 0.05) is 25.7 Å². The number of phosphoric acid groups is 2. The topological polar surface area (TPSA) is 237 Å². The van der Waals surface area contributed by atoms with Crippen molar-refractivity contribution in [3.05, 3.63) is 24.3 Å². The Bertz CT molecular complexity index is 1900. The number of rotatable bonds is 71. The quantitative estimate of drug-likeness (QED) is 0.0169. The van der Waals surface area contributed by atoms with E-state index in [9.17, 15) is 43.2 Å². The van der Waals surface area contributed by atoms with Gasteiger partial charge in [-0.05, 0) is 63.2 Å². The Morgan fingerprint density at radius 1 is 0.344 bits per heavy atom. The van der Waals surface area contributed by atoms with Crippen LogP contribution in [0.5, 0.6) is 0 Å². The lowest BCUT2D eigenvalue weighted by Crippen LogP contribution is -2.30. The van der Waals surface area contributed by atoms with Gasteiger partial charge in [0.05, 0.1) is 26.4 Å². The van der Waals surface area contributed by atoms with Crippen LogP contribution < -0.4 is 0 Å². The second-order valence-corrected chi connectivity index (χ2v) is 29.4. The highest BCUT2D eigenvalue weighted by Crippen LogP contribution is 2.45. The smallest absolute Gasteiger partial charge is 0.462 e. The van der Waals surface area contributed by atoms with E-state index in [0.717, 1.165) is 115 Å². The number of aliphatic hydroxyl groups is 1. The number of carbonyl (C=O) groups excluding carboxylic acids is 4. The van der Waals surface area contributed by atoms with Crippen molar-refractivity contribution in [2.45, 2.75) is 374 Å². The third kappa shape index (κ3) is 65.3. The van der Waals surface area contributed by atoms with Crippen LogP contribution in [0.3, 0.4) is 0 Å². The van der Waals surface area contributed by atoms with Crippen LogP contribution in [0.4, 0.5) is 0 Å². The van der Waals surface area contributed by atoms with Gasteiger partial charge in [-0.2, -0.15) is 0 Å². The van der Waals surface area contributed by atoms with Gasteiger partial charge in [0.1, 0.15) is 19.3 Å². The molecule has 19 heteroatoms. The second kappa shape index (κ2) is 65.5. The maximum atomic E-state index is 13.1. The van der Waals surface area contributed by atoms with E-state index in [2.05, 4.69) is 65.8 Å². The zero-order chi connectivity index (χ0) is 68.6. The van der Waals surface area contributed by atoms with Crippen molar-refractivity contribution in [2.75, 3.05) is 39.6 Å². The summed E-state index contributed by atoms with van der Waals surface area (Å²) >= 11 is 0. The van der Waals surface area contributed by atoms with Crippen molar-refractivity contribution < 1.29 is 80.2 Å². The van der Waals surface area contributed by atoms with Crippen molar-refractivity contribution >= 4 is 39.5 Å². The first kappa shape index (κ1) is 90.5. The fourth-order valence-corrected chi connectivity index (χ4v) is 12.3. The molecule has 0 saturated carbocycles. The molecule has 0 saturated heterocycles. The zero-order valence-electron chi connectivity index (χ0n) is 60.0. The highest BCUT2D eigenvalue weighted by molar-refractivity contribution is 7.47. The molecule has 0 bridgehead atoms. The molecular formula is C74H140O17P2. The Hall–Kier alpha value is -2.46. The first-order valence-corrected chi connectivity index (χ1v) is 40.9. The lowest BCUT2D eigenvalue weighted by molar-refractivity contribution is -0.161. The molecule has 3 N–H and O–H groups in total. The molecule has 0 aliphatic rings. The van der Waals surface area contributed by atoms with Gasteiger partial charge in [0.25, 0.3) is 0 Å². The van der Waals surface area contributed by atoms with Gasteiger partial charge < -0.3 is 33.8 Å². The third-order valence-electron chi connectivity index (χ3n) is 17.3. The third-order valence-corrected chi connectivity index (χ3v) is 19.2. The van der Waals surface area contributed by atoms with Crippen LogP contribution in [0.25, 0.3) is 0 Å². The largest absolute Gasteiger partial charge is 0.472 e. The van der Waals surface area contributed by atoms with E-state index in [0.29, 0.717) is 25.7 Å². The molecule has 0 spiro atoms. The molecule has 0 aromatic heterocycles. The molecular weight excluding hydrogens is 1220 g/mol. The molecule has 548 valence electrons. The number of esters is 4. The SMILES string of the molecule is CCCCCC/C=C\C=C/CCCCCCCC(=O)O[C@H](COC(=O)CCCCCCCCCCCCC(C)CC)COP(=O)(O)OC[C@@H](O)COP(=O)(O)OC[C@@H](COC(=O)CCCCCCCCCCCCCC)OC(=O)CCCCCCCCCCC(C)CC. The first-order valence-electron chi connectivity index (χ1n) is 37.9. The molecule has 0 aliphatic heterocycles. The second-order valence-electron chi connectivity index (χ2n) is 26.5. The van der Waals surface area contributed by atoms with Gasteiger partial charge in [-0.25, -0.2) is 9.13 Å². The monoisotopic (exact) mass is 1360 g/mol. The predicted octanol–water partition coefficient (Wildman–Crippen LogP) is 21.1. The van der Waals surface area contributed by atoms with Crippen LogP contribution in [0.1, 0.15) is 356 Å². The summed E-state index contributed by atoms with van der Waals surface area (Å²) in [6, 6.07) is 0. The van der Waals surface area contributed by atoms with Gasteiger partial charge >= 0.3 is 39.5 Å². The van der Waals surface area contributed by atoms with Gasteiger partial charge in [0.15, 0.2) is 12.2 Å². The molecule has 93 heavy (non-hydrogen) atoms. The van der Waals surface area contributed by atoms with Crippen LogP contribution in [0, 0.1) is 11.8 Å². The summed E-state index contributed by atoms with van der Waals surface area (Å²) < 4.78 is 68.4. The number of ether oxygens (including phenoxy) is 4.